The molecule has 2 nitrogen and oxygen atoms in total. The Morgan fingerprint density at radius 3 is 2.90 bits per heavy atom. The molecule has 1 aromatic carbocycles. The molecule has 0 aliphatic carbocycles. The van der Waals surface area contributed by atoms with Gasteiger partial charge in [-0.15, -0.1) is 11.3 Å². The van der Waals surface area contributed by atoms with Crippen LogP contribution in [-0.4, -0.2) is 11.9 Å². The van der Waals surface area contributed by atoms with Crippen LogP contribution >= 0.6 is 11.3 Å². The SMILES string of the molecule is Cc1ccsc1C(=O)N1c2ccc(F)cc2CCC1C. The molecule has 1 aliphatic heterocycles. The van der Waals surface area contributed by atoms with E-state index in [0.717, 1.165) is 34.5 Å². The summed E-state index contributed by atoms with van der Waals surface area (Å²) in [5.74, 6) is -0.212. The van der Waals surface area contributed by atoms with Gasteiger partial charge in [0, 0.05) is 11.7 Å². The molecule has 4 heteroatoms. The molecule has 2 aromatic rings. The molecule has 2 heterocycles. The predicted octanol–water partition coefficient (Wildman–Crippen LogP) is 4.18. The number of carbonyl (C=O) groups is 1. The van der Waals surface area contributed by atoms with Crippen LogP contribution in [0.2, 0.25) is 0 Å². The number of halogens is 1. The van der Waals surface area contributed by atoms with Crippen molar-refractivity contribution in [2.45, 2.75) is 32.7 Å². The zero-order valence-corrected chi connectivity index (χ0v) is 12.3. The summed E-state index contributed by atoms with van der Waals surface area (Å²) >= 11 is 1.47. The first kappa shape index (κ1) is 13.3. The lowest BCUT2D eigenvalue weighted by Crippen LogP contribution is -2.42. The average molecular weight is 289 g/mol. The number of nitrogens with zero attached hydrogens (tertiary/aromatic N) is 1. The number of hydrogen-bond acceptors (Lipinski definition) is 2. The number of fused-ring (bicyclic) bond motifs is 1. The summed E-state index contributed by atoms with van der Waals surface area (Å²) in [5, 5.41) is 1.93. The second-order valence-electron chi connectivity index (χ2n) is 5.27. The highest BCUT2D eigenvalue weighted by atomic mass is 32.1. The van der Waals surface area contributed by atoms with Crippen molar-refractivity contribution < 1.29 is 9.18 Å². The summed E-state index contributed by atoms with van der Waals surface area (Å²) in [6.07, 6.45) is 1.69. The van der Waals surface area contributed by atoms with Crippen LogP contribution in [0.1, 0.15) is 34.1 Å². The largest absolute Gasteiger partial charge is 0.305 e. The van der Waals surface area contributed by atoms with Crippen LogP contribution < -0.4 is 4.90 Å². The van der Waals surface area contributed by atoms with E-state index in [-0.39, 0.29) is 17.8 Å². The lowest BCUT2D eigenvalue weighted by molar-refractivity contribution is 0.0978. The van der Waals surface area contributed by atoms with Crippen LogP contribution in [0.15, 0.2) is 29.6 Å². The molecule has 0 radical (unpaired) electrons. The molecule has 104 valence electrons. The highest BCUT2D eigenvalue weighted by Gasteiger charge is 2.30. The van der Waals surface area contributed by atoms with E-state index in [1.807, 2.05) is 30.2 Å². The van der Waals surface area contributed by atoms with Crippen LogP contribution in [-0.2, 0) is 6.42 Å². The van der Waals surface area contributed by atoms with E-state index >= 15 is 0 Å². The van der Waals surface area contributed by atoms with Gasteiger partial charge in [-0.05, 0) is 67.5 Å². The zero-order valence-electron chi connectivity index (χ0n) is 11.5. The molecule has 1 atom stereocenters. The highest BCUT2D eigenvalue weighted by molar-refractivity contribution is 7.12. The molecule has 0 bridgehead atoms. The third-order valence-electron chi connectivity index (χ3n) is 3.85. The standard InChI is InChI=1S/C16H16FNOS/c1-10-7-8-20-15(10)16(19)18-11(2)3-4-12-9-13(17)5-6-14(12)18/h5-9,11H,3-4H2,1-2H3. The molecule has 20 heavy (non-hydrogen) atoms. The maximum absolute atomic E-state index is 13.4. The summed E-state index contributed by atoms with van der Waals surface area (Å²) in [6.45, 7) is 4.00. The first-order valence-electron chi connectivity index (χ1n) is 6.74. The second kappa shape index (κ2) is 5.02. The number of anilines is 1. The Balaban J connectivity index is 2.05. The van der Waals surface area contributed by atoms with Gasteiger partial charge in [-0.2, -0.15) is 0 Å². The fraction of sp³-hybridized carbons (Fsp3) is 0.312. The number of aryl methyl sites for hydroxylation is 2. The molecule has 1 aromatic heterocycles. The molecule has 0 spiro atoms. The van der Waals surface area contributed by atoms with Crippen LogP contribution in [0, 0.1) is 12.7 Å². The third kappa shape index (κ3) is 2.14. The van der Waals surface area contributed by atoms with Gasteiger partial charge in [0.1, 0.15) is 5.82 Å². The van der Waals surface area contributed by atoms with Gasteiger partial charge in [-0.3, -0.25) is 4.79 Å². The van der Waals surface area contributed by atoms with Gasteiger partial charge >= 0.3 is 0 Å². The van der Waals surface area contributed by atoms with Crippen molar-refractivity contribution in [3.8, 4) is 0 Å². The molecule has 1 aliphatic rings. The number of hydrogen-bond donors (Lipinski definition) is 0. The molecular weight excluding hydrogens is 273 g/mol. The van der Waals surface area contributed by atoms with Crippen molar-refractivity contribution in [3.63, 3.8) is 0 Å². The molecule has 1 amide bonds. The van der Waals surface area contributed by atoms with Crippen molar-refractivity contribution in [2.75, 3.05) is 4.90 Å². The van der Waals surface area contributed by atoms with E-state index in [0.29, 0.717) is 0 Å². The predicted molar refractivity (Wildman–Crippen MR) is 80.0 cm³/mol. The van der Waals surface area contributed by atoms with E-state index in [1.54, 1.807) is 12.1 Å². The Labute approximate surface area is 121 Å². The third-order valence-corrected chi connectivity index (χ3v) is 4.85. The Morgan fingerprint density at radius 2 is 2.20 bits per heavy atom. The van der Waals surface area contributed by atoms with Gasteiger partial charge in [-0.25, -0.2) is 4.39 Å². The normalized spacial score (nSPS) is 17.9. The minimum atomic E-state index is -0.238. The highest BCUT2D eigenvalue weighted by Crippen LogP contribution is 2.33. The Kier molecular flexibility index (Phi) is 3.34. The van der Waals surface area contributed by atoms with Crippen molar-refractivity contribution >= 4 is 22.9 Å². The molecule has 0 saturated heterocycles. The van der Waals surface area contributed by atoms with Crippen molar-refractivity contribution in [3.05, 3.63) is 51.5 Å². The van der Waals surface area contributed by atoms with Crippen molar-refractivity contribution in [2.24, 2.45) is 0 Å². The van der Waals surface area contributed by atoms with E-state index in [2.05, 4.69) is 0 Å². The smallest absolute Gasteiger partial charge is 0.268 e. The van der Waals surface area contributed by atoms with Crippen LogP contribution in [0.25, 0.3) is 0 Å². The second-order valence-corrected chi connectivity index (χ2v) is 6.18. The summed E-state index contributed by atoms with van der Waals surface area (Å²) in [7, 11) is 0. The number of benzene rings is 1. The lowest BCUT2D eigenvalue weighted by Gasteiger charge is -2.35. The van der Waals surface area contributed by atoms with Gasteiger partial charge in [-0.1, -0.05) is 0 Å². The Hall–Kier alpha value is -1.68. The Bertz CT molecular complexity index is 664. The average Bonchev–Trinajstić information content (AvgIpc) is 2.84. The van der Waals surface area contributed by atoms with Crippen LogP contribution in [0.4, 0.5) is 10.1 Å². The minimum Gasteiger partial charge on any atom is -0.305 e. The molecule has 0 fully saturated rings. The van der Waals surface area contributed by atoms with E-state index in [9.17, 15) is 9.18 Å². The number of carbonyl (C=O) groups excluding carboxylic acids is 1. The maximum atomic E-state index is 13.4. The quantitative estimate of drug-likeness (QED) is 0.771. The van der Waals surface area contributed by atoms with Crippen molar-refractivity contribution in [1.82, 2.24) is 0 Å². The number of thiophene rings is 1. The van der Waals surface area contributed by atoms with E-state index in [4.69, 9.17) is 0 Å². The fourth-order valence-electron chi connectivity index (χ4n) is 2.73. The first-order chi connectivity index (χ1) is 9.58. The van der Waals surface area contributed by atoms with E-state index < -0.39 is 0 Å². The van der Waals surface area contributed by atoms with Gasteiger partial charge in [0.05, 0.1) is 4.88 Å². The zero-order chi connectivity index (χ0) is 14.3. The maximum Gasteiger partial charge on any atom is 0.268 e. The first-order valence-corrected chi connectivity index (χ1v) is 7.62. The minimum absolute atomic E-state index is 0.0255. The topological polar surface area (TPSA) is 20.3 Å². The number of rotatable bonds is 1. The van der Waals surface area contributed by atoms with Gasteiger partial charge in [0.25, 0.3) is 5.91 Å². The molecule has 0 saturated carbocycles. The van der Waals surface area contributed by atoms with Gasteiger partial charge < -0.3 is 4.90 Å². The molecular formula is C16H16FNOS. The fourth-order valence-corrected chi connectivity index (χ4v) is 3.59. The summed E-state index contributed by atoms with van der Waals surface area (Å²) in [6, 6.07) is 6.79. The van der Waals surface area contributed by atoms with Gasteiger partial charge in [0.15, 0.2) is 0 Å². The van der Waals surface area contributed by atoms with E-state index in [1.165, 1.54) is 17.4 Å². The van der Waals surface area contributed by atoms with Crippen LogP contribution in [0.3, 0.4) is 0 Å². The van der Waals surface area contributed by atoms with Crippen molar-refractivity contribution in [1.29, 1.82) is 0 Å². The molecule has 3 rings (SSSR count). The summed E-state index contributed by atoms with van der Waals surface area (Å²) in [4.78, 5) is 15.4. The molecule has 0 N–H and O–H groups in total. The summed E-state index contributed by atoms with van der Waals surface area (Å²) in [5.41, 5.74) is 2.77. The summed E-state index contributed by atoms with van der Waals surface area (Å²) < 4.78 is 13.4. The number of amides is 1. The lowest BCUT2D eigenvalue weighted by atomic mass is 9.96. The monoisotopic (exact) mass is 289 g/mol. The van der Waals surface area contributed by atoms with Gasteiger partial charge in [0.2, 0.25) is 0 Å². The van der Waals surface area contributed by atoms with Crippen LogP contribution in [0.5, 0.6) is 0 Å². The molecule has 1 unspecified atom stereocenters. The Morgan fingerprint density at radius 1 is 1.40 bits per heavy atom.